The van der Waals surface area contributed by atoms with E-state index in [1.165, 1.54) is 29.2 Å². The summed E-state index contributed by atoms with van der Waals surface area (Å²) in [4.78, 5) is 25.3. The maximum absolute atomic E-state index is 13.3. The highest BCUT2D eigenvalue weighted by molar-refractivity contribution is 6.33. The third-order valence-electron chi connectivity index (χ3n) is 4.16. The van der Waals surface area contributed by atoms with Crippen LogP contribution in [-0.2, 0) is 11.2 Å². The number of amides is 1. The Hall–Kier alpha value is -2.66. The molecule has 134 valence electrons. The Balaban J connectivity index is 2.04. The van der Waals surface area contributed by atoms with Gasteiger partial charge in [-0.05, 0) is 36.2 Å². The third kappa shape index (κ3) is 3.78. The second kappa shape index (κ2) is 7.30. The summed E-state index contributed by atoms with van der Waals surface area (Å²) in [6, 6.07) is 10.8. The van der Waals surface area contributed by atoms with E-state index in [0.29, 0.717) is 34.9 Å². The fraction of sp³-hybridized carbons (Fsp3) is 0.200. The maximum atomic E-state index is 13.3. The average molecular weight is 374 g/mol. The van der Waals surface area contributed by atoms with Gasteiger partial charge in [0.1, 0.15) is 11.4 Å². The highest BCUT2D eigenvalue weighted by Gasteiger charge is 2.13. The lowest BCUT2D eigenvalue weighted by Crippen LogP contribution is -2.21. The zero-order valence-electron chi connectivity index (χ0n) is 14.4. The molecule has 2 aromatic carbocycles. The molecule has 0 bridgehead atoms. The monoisotopic (exact) mass is 373 g/mol. The molecule has 0 atom stereocenters. The molecule has 0 N–H and O–H groups in total. The van der Waals surface area contributed by atoms with Crippen LogP contribution in [-0.4, -0.2) is 24.9 Å². The van der Waals surface area contributed by atoms with E-state index >= 15 is 0 Å². The van der Waals surface area contributed by atoms with Crippen LogP contribution in [0.3, 0.4) is 0 Å². The summed E-state index contributed by atoms with van der Waals surface area (Å²) in [6.07, 6.45) is 0.907. The molecule has 3 rings (SSSR count). The molecule has 0 aliphatic rings. The normalized spacial score (nSPS) is 10.9. The Kier molecular flexibility index (Phi) is 5.09. The van der Waals surface area contributed by atoms with Crippen LogP contribution in [0.1, 0.15) is 12.0 Å². The lowest BCUT2D eigenvalue weighted by atomic mass is 9.99. The smallest absolute Gasteiger partial charge is 0.336 e. The number of hydrogen-bond acceptors (Lipinski definition) is 3. The molecule has 1 heterocycles. The van der Waals surface area contributed by atoms with E-state index in [0.717, 1.165) is 5.56 Å². The van der Waals surface area contributed by atoms with Crippen LogP contribution in [0.25, 0.3) is 22.1 Å². The van der Waals surface area contributed by atoms with Crippen molar-refractivity contribution in [1.82, 2.24) is 4.90 Å². The van der Waals surface area contributed by atoms with Crippen molar-refractivity contribution in [3.05, 3.63) is 69.3 Å². The number of aryl methyl sites for hydroxylation is 1. The van der Waals surface area contributed by atoms with Gasteiger partial charge in [0.15, 0.2) is 0 Å². The number of carbonyl (C=O) groups is 1. The van der Waals surface area contributed by atoms with Crippen molar-refractivity contribution in [3.8, 4) is 11.1 Å². The highest BCUT2D eigenvalue weighted by atomic mass is 35.5. The summed E-state index contributed by atoms with van der Waals surface area (Å²) in [7, 11) is 3.42. The van der Waals surface area contributed by atoms with Crippen LogP contribution in [0.2, 0.25) is 5.02 Å². The third-order valence-corrected chi connectivity index (χ3v) is 4.47. The number of benzene rings is 2. The number of fused-ring (bicyclic) bond motifs is 1. The molecule has 0 radical (unpaired) electrons. The predicted molar refractivity (Wildman–Crippen MR) is 99.9 cm³/mol. The first-order valence-corrected chi connectivity index (χ1v) is 8.45. The second-order valence-electron chi connectivity index (χ2n) is 6.22. The van der Waals surface area contributed by atoms with Gasteiger partial charge in [-0.1, -0.05) is 23.7 Å². The van der Waals surface area contributed by atoms with Gasteiger partial charge in [-0.15, -0.1) is 0 Å². The van der Waals surface area contributed by atoms with Gasteiger partial charge >= 0.3 is 5.63 Å². The molecule has 0 saturated carbocycles. The molecular formula is C20H17ClFNO3. The molecule has 0 aliphatic carbocycles. The summed E-state index contributed by atoms with van der Waals surface area (Å²) < 4.78 is 18.6. The average Bonchev–Trinajstić information content (AvgIpc) is 2.58. The Morgan fingerprint density at radius 3 is 2.58 bits per heavy atom. The summed E-state index contributed by atoms with van der Waals surface area (Å²) in [5.41, 5.74) is 1.91. The summed E-state index contributed by atoms with van der Waals surface area (Å²) >= 11 is 6.15. The molecule has 0 aliphatic heterocycles. The van der Waals surface area contributed by atoms with Crippen LogP contribution in [0, 0.1) is 5.82 Å². The maximum Gasteiger partial charge on any atom is 0.336 e. The zero-order valence-corrected chi connectivity index (χ0v) is 15.1. The first kappa shape index (κ1) is 18.1. The van der Waals surface area contributed by atoms with E-state index in [-0.39, 0.29) is 10.9 Å². The van der Waals surface area contributed by atoms with Crippen molar-refractivity contribution in [2.24, 2.45) is 0 Å². The van der Waals surface area contributed by atoms with E-state index in [4.69, 9.17) is 16.0 Å². The van der Waals surface area contributed by atoms with Crippen LogP contribution in [0.4, 0.5) is 4.39 Å². The van der Waals surface area contributed by atoms with Gasteiger partial charge < -0.3 is 9.32 Å². The van der Waals surface area contributed by atoms with E-state index < -0.39 is 11.4 Å². The van der Waals surface area contributed by atoms with Crippen LogP contribution in [0.15, 0.2) is 51.7 Å². The van der Waals surface area contributed by atoms with E-state index in [2.05, 4.69) is 0 Å². The Morgan fingerprint density at radius 2 is 1.88 bits per heavy atom. The van der Waals surface area contributed by atoms with Crippen molar-refractivity contribution in [1.29, 1.82) is 0 Å². The highest BCUT2D eigenvalue weighted by Crippen LogP contribution is 2.33. The largest absolute Gasteiger partial charge is 0.423 e. The van der Waals surface area contributed by atoms with Crippen molar-refractivity contribution in [3.63, 3.8) is 0 Å². The topological polar surface area (TPSA) is 50.5 Å². The molecule has 4 nitrogen and oxygen atoms in total. The van der Waals surface area contributed by atoms with Gasteiger partial charge in [0, 0.05) is 43.1 Å². The molecular weight excluding hydrogens is 357 g/mol. The quantitative estimate of drug-likeness (QED) is 0.641. The van der Waals surface area contributed by atoms with Gasteiger partial charge in [0.2, 0.25) is 5.91 Å². The minimum atomic E-state index is -0.519. The minimum absolute atomic E-state index is 0.0263. The Morgan fingerprint density at radius 1 is 1.12 bits per heavy atom. The minimum Gasteiger partial charge on any atom is -0.423 e. The molecule has 26 heavy (non-hydrogen) atoms. The van der Waals surface area contributed by atoms with E-state index in [1.54, 1.807) is 20.2 Å². The van der Waals surface area contributed by atoms with Crippen molar-refractivity contribution >= 4 is 28.5 Å². The molecule has 6 heteroatoms. The molecule has 0 saturated heterocycles. The standard InChI is InChI=1S/C20H17ClFNO3/c1-23(2)19(24)8-4-12-3-6-15-16(11-20(25)26-18(15)9-12)14-7-5-13(22)10-17(14)21/h3,5-7,9-11H,4,8H2,1-2H3. The molecule has 1 aromatic heterocycles. The van der Waals surface area contributed by atoms with Crippen LogP contribution in [0.5, 0.6) is 0 Å². The number of rotatable bonds is 4. The van der Waals surface area contributed by atoms with Gasteiger partial charge in [0.25, 0.3) is 0 Å². The van der Waals surface area contributed by atoms with E-state index in [9.17, 15) is 14.0 Å². The summed E-state index contributed by atoms with van der Waals surface area (Å²) in [5, 5.41) is 0.915. The predicted octanol–water partition coefficient (Wildman–Crippen LogP) is 4.27. The summed E-state index contributed by atoms with van der Waals surface area (Å²) in [6.45, 7) is 0. The molecule has 0 fully saturated rings. The second-order valence-corrected chi connectivity index (χ2v) is 6.63. The van der Waals surface area contributed by atoms with Gasteiger partial charge in [0.05, 0.1) is 5.02 Å². The van der Waals surface area contributed by atoms with Crippen LogP contribution >= 0.6 is 11.6 Å². The van der Waals surface area contributed by atoms with Crippen LogP contribution < -0.4 is 5.63 Å². The first-order chi connectivity index (χ1) is 12.3. The Labute approximate surface area is 154 Å². The van der Waals surface area contributed by atoms with Crippen molar-refractivity contribution in [2.75, 3.05) is 14.1 Å². The number of halogens is 2. The van der Waals surface area contributed by atoms with Gasteiger partial charge in [-0.3, -0.25) is 4.79 Å². The SMILES string of the molecule is CN(C)C(=O)CCc1ccc2c(-c3ccc(F)cc3Cl)cc(=O)oc2c1. The lowest BCUT2D eigenvalue weighted by molar-refractivity contribution is -0.128. The van der Waals surface area contributed by atoms with Gasteiger partial charge in [-0.2, -0.15) is 0 Å². The molecule has 0 spiro atoms. The lowest BCUT2D eigenvalue weighted by Gasteiger charge is -2.11. The first-order valence-electron chi connectivity index (χ1n) is 8.07. The molecule has 0 unspecified atom stereocenters. The number of hydrogen-bond donors (Lipinski definition) is 0. The fourth-order valence-electron chi connectivity index (χ4n) is 2.77. The zero-order chi connectivity index (χ0) is 18.8. The van der Waals surface area contributed by atoms with Gasteiger partial charge in [-0.25, -0.2) is 9.18 Å². The fourth-order valence-corrected chi connectivity index (χ4v) is 3.04. The number of carbonyl (C=O) groups excluding carboxylic acids is 1. The molecule has 1 amide bonds. The number of nitrogens with zero attached hydrogens (tertiary/aromatic N) is 1. The molecule has 3 aromatic rings. The van der Waals surface area contributed by atoms with Crippen molar-refractivity contribution in [2.45, 2.75) is 12.8 Å². The van der Waals surface area contributed by atoms with E-state index in [1.807, 2.05) is 12.1 Å². The Bertz CT molecular complexity index is 1040. The van der Waals surface area contributed by atoms with Crippen molar-refractivity contribution < 1.29 is 13.6 Å². The summed E-state index contributed by atoms with van der Waals surface area (Å²) in [5.74, 6) is -0.419.